The summed E-state index contributed by atoms with van der Waals surface area (Å²) in [6.45, 7) is 1.85. The highest BCUT2D eigenvalue weighted by Gasteiger charge is 2.43. The van der Waals surface area contributed by atoms with Crippen molar-refractivity contribution in [3.05, 3.63) is 77.0 Å². The predicted molar refractivity (Wildman–Crippen MR) is 101 cm³/mol. The van der Waals surface area contributed by atoms with E-state index >= 15 is 0 Å². The fraction of sp³-hybridized carbons (Fsp3) is 0.100. The quantitative estimate of drug-likeness (QED) is 0.517. The van der Waals surface area contributed by atoms with Crippen LogP contribution in [0.5, 0.6) is 11.5 Å². The average Bonchev–Trinajstić information content (AvgIpc) is 3.30. The van der Waals surface area contributed by atoms with Crippen LogP contribution in [0, 0.1) is 6.92 Å². The Bertz CT molecular complexity index is 1330. The van der Waals surface area contributed by atoms with Gasteiger partial charge in [-0.2, -0.15) is 10.2 Å². The number of alkyl halides is 2. The molecule has 0 atom stereocenters. The summed E-state index contributed by atoms with van der Waals surface area (Å²) < 4.78 is 38.5. The average molecular weight is 409 g/mol. The molecule has 3 aromatic heterocycles. The smallest absolute Gasteiger partial charge is 0.395 e. The summed E-state index contributed by atoms with van der Waals surface area (Å²) in [5.74, 6) is -0.187. The Hall–Kier alpha value is -4.08. The third-order valence-electron chi connectivity index (χ3n) is 4.47. The first-order valence-electron chi connectivity index (χ1n) is 8.87. The van der Waals surface area contributed by atoms with Gasteiger partial charge in [0.2, 0.25) is 5.43 Å². The lowest BCUT2D eigenvalue weighted by molar-refractivity contribution is -0.286. The van der Waals surface area contributed by atoms with Crippen molar-refractivity contribution in [2.24, 2.45) is 0 Å². The van der Waals surface area contributed by atoms with Crippen molar-refractivity contribution in [3.8, 4) is 34.3 Å². The lowest BCUT2D eigenvalue weighted by Crippen LogP contribution is -2.25. The Morgan fingerprint density at radius 1 is 0.967 bits per heavy atom. The number of halogens is 2. The molecule has 4 heterocycles. The summed E-state index contributed by atoms with van der Waals surface area (Å²) in [7, 11) is 0. The highest BCUT2D eigenvalue weighted by atomic mass is 19.3. The van der Waals surface area contributed by atoms with Gasteiger partial charge in [0.15, 0.2) is 17.2 Å². The summed E-state index contributed by atoms with van der Waals surface area (Å²) in [4.78, 5) is 16.7. The summed E-state index contributed by atoms with van der Waals surface area (Å²) >= 11 is 0. The van der Waals surface area contributed by atoms with Gasteiger partial charge in [0.25, 0.3) is 0 Å². The standard InChI is InChI=1S/C20H13F2N5O3/c1-12-10-14(4-7-23-12)27-15(5-8-24-27)19-16(28)6-9-26(25-19)13-2-3-17-18(11-13)30-20(21,22)29-17/h2-11H,1H3. The molecule has 0 radical (unpaired) electrons. The molecule has 1 aliphatic rings. The van der Waals surface area contributed by atoms with Crippen LogP contribution in [0.4, 0.5) is 8.78 Å². The lowest BCUT2D eigenvalue weighted by atomic mass is 10.2. The number of aromatic nitrogens is 5. The minimum Gasteiger partial charge on any atom is -0.395 e. The third-order valence-corrected chi connectivity index (χ3v) is 4.47. The number of hydrogen-bond acceptors (Lipinski definition) is 6. The maximum atomic E-state index is 13.3. The summed E-state index contributed by atoms with van der Waals surface area (Å²) in [5, 5.41) is 8.69. The van der Waals surface area contributed by atoms with Crippen LogP contribution in [-0.2, 0) is 0 Å². The SMILES string of the molecule is Cc1cc(-n2nccc2-c2nn(-c3ccc4c(c3)OC(F)(F)O4)ccc2=O)ccn1. The van der Waals surface area contributed by atoms with Crippen molar-refractivity contribution in [2.75, 3.05) is 0 Å². The molecule has 8 nitrogen and oxygen atoms in total. The molecule has 0 bridgehead atoms. The first-order valence-corrected chi connectivity index (χ1v) is 8.87. The molecule has 0 aliphatic carbocycles. The highest BCUT2D eigenvalue weighted by molar-refractivity contribution is 5.57. The van der Waals surface area contributed by atoms with Gasteiger partial charge in [-0.15, -0.1) is 8.78 Å². The number of aryl methyl sites for hydroxylation is 1. The molecule has 0 fully saturated rings. The number of fused-ring (bicyclic) bond motifs is 1. The predicted octanol–water partition coefficient (Wildman–Crippen LogP) is 3.11. The largest absolute Gasteiger partial charge is 0.586 e. The zero-order chi connectivity index (χ0) is 20.9. The molecule has 1 aromatic carbocycles. The van der Waals surface area contributed by atoms with Crippen LogP contribution in [0.1, 0.15) is 5.69 Å². The van der Waals surface area contributed by atoms with E-state index in [1.807, 2.05) is 13.0 Å². The number of ether oxygens (including phenoxy) is 2. The van der Waals surface area contributed by atoms with Crippen molar-refractivity contribution >= 4 is 0 Å². The van der Waals surface area contributed by atoms with Gasteiger partial charge in [-0.1, -0.05) is 0 Å². The van der Waals surface area contributed by atoms with Crippen LogP contribution in [0.3, 0.4) is 0 Å². The molecular formula is C20H13F2N5O3. The van der Waals surface area contributed by atoms with E-state index in [1.54, 1.807) is 29.2 Å². The van der Waals surface area contributed by atoms with Gasteiger partial charge in [-0.05, 0) is 37.3 Å². The zero-order valence-corrected chi connectivity index (χ0v) is 15.5. The van der Waals surface area contributed by atoms with E-state index in [2.05, 4.69) is 24.7 Å². The summed E-state index contributed by atoms with van der Waals surface area (Å²) in [5.41, 5.74) is 2.25. The van der Waals surface area contributed by atoms with Gasteiger partial charge >= 0.3 is 6.29 Å². The Balaban J connectivity index is 1.59. The molecule has 0 amide bonds. The first-order chi connectivity index (χ1) is 14.4. The molecule has 0 unspecified atom stereocenters. The fourth-order valence-electron chi connectivity index (χ4n) is 3.16. The van der Waals surface area contributed by atoms with Crippen molar-refractivity contribution in [2.45, 2.75) is 13.2 Å². The van der Waals surface area contributed by atoms with Gasteiger partial charge in [-0.3, -0.25) is 9.78 Å². The van der Waals surface area contributed by atoms with E-state index in [0.717, 1.165) is 11.4 Å². The van der Waals surface area contributed by atoms with Gasteiger partial charge < -0.3 is 9.47 Å². The Morgan fingerprint density at radius 3 is 2.63 bits per heavy atom. The van der Waals surface area contributed by atoms with Crippen LogP contribution in [-0.4, -0.2) is 30.8 Å². The molecule has 150 valence electrons. The van der Waals surface area contributed by atoms with Crippen molar-refractivity contribution in [3.63, 3.8) is 0 Å². The Labute approximate surface area is 167 Å². The second-order valence-corrected chi connectivity index (χ2v) is 6.56. The molecule has 5 rings (SSSR count). The van der Waals surface area contributed by atoms with Gasteiger partial charge in [0, 0.05) is 30.2 Å². The van der Waals surface area contributed by atoms with E-state index in [0.29, 0.717) is 11.4 Å². The second kappa shape index (κ2) is 6.48. The maximum Gasteiger partial charge on any atom is 0.586 e. The molecule has 30 heavy (non-hydrogen) atoms. The molecule has 0 spiro atoms. The van der Waals surface area contributed by atoms with Crippen LogP contribution in [0.25, 0.3) is 22.8 Å². The summed E-state index contributed by atoms with van der Waals surface area (Å²) in [6.07, 6.45) is 0.943. The van der Waals surface area contributed by atoms with E-state index in [9.17, 15) is 13.6 Å². The molecule has 10 heteroatoms. The van der Waals surface area contributed by atoms with Crippen molar-refractivity contribution in [1.82, 2.24) is 24.5 Å². The lowest BCUT2D eigenvalue weighted by Gasteiger charge is -2.10. The number of pyridine rings is 1. The van der Waals surface area contributed by atoms with Crippen LogP contribution in [0.15, 0.2) is 65.8 Å². The zero-order valence-electron chi connectivity index (χ0n) is 15.5. The molecule has 4 aromatic rings. The topological polar surface area (TPSA) is 84.1 Å². The monoisotopic (exact) mass is 409 g/mol. The Morgan fingerprint density at radius 2 is 1.80 bits per heavy atom. The number of nitrogens with zero attached hydrogens (tertiary/aromatic N) is 5. The fourth-order valence-corrected chi connectivity index (χ4v) is 3.16. The second-order valence-electron chi connectivity index (χ2n) is 6.56. The Kier molecular flexibility index (Phi) is 3.88. The van der Waals surface area contributed by atoms with E-state index < -0.39 is 6.29 Å². The van der Waals surface area contributed by atoms with Crippen molar-refractivity contribution < 1.29 is 18.3 Å². The van der Waals surface area contributed by atoms with Crippen LogP contribution < -0.4 is 14.9 Å². The highest BCUT2D eigenvalue weighted by Crippen LogP contribution is 2.41. The van der Waals surface area contributed by atoms with Crippen LogP contribution in [0.2, 0.25) is 0 Å². The minimum atomic E-state index is -3.71. The van der Waals surface area contributed by atoms with Crippen LogP contribution >= 0.6 is 0 Å². The van der Waals surface area contributed by atoms with E-state index in [1.165, 1.54) is 35.1 Å². The molecule has 0 saturated carbocycles. The van der Waals surface area contributed by atoms with Gasteiger partial charge in [0.05, 0.1) is 23.3 Å². The first kappa shape index (κ1) is 18.0. The summed E-state index contributed by atoms with van der Waals surface area (Å²) in [6, 6.07) is 10.9. The molecule has 0 saturated heterocycles. The minimum absolute atomic E-state index is 0.0730. The van der Waals surface area contributed by atoms with Crippen molar-refractivity contribution in [1.29, 1.82) is 0 Å². The molecular weight excluding hydrogens is 396 g/mol. The van der Waals surface area contributed by atoms with Gasteiger partial charge in [-0.25, -0.2) is 9.36 Å². The number of hydrogen-bond donors (Lipinski definition) is 0. The van der Waals surface area contributed by atoms with E-state index in [-0.39, 0.29) is 22.6 Å². The normalized spacial score (nSPS) is 14.1. The van der Waals surface area contributed by atoms with E-state index in [4.69, 9.17) is 0 Å². The number of rotatable bonds is 3. The maximum absolute atomic E-state index is 13.3. The molecule has 0 N–H and O–H groups in total. The van der Waals surface area contributed by atoms with Gasteiger partial charge in [0.1, 0.15) is 0 Å². The third kappa shape index (κ3) is 3.08. The molecule has 1 aliphatic heterocycles. The number of benzene rings is 1.